The van der Waals surface area contributed by atoms with Crippen LogP contribution >= 0.6 is 0 Å². The van der Waals surface area contributed by atoms with Gasteiger partial charge in [0.05, 0.1) is 11.4 Å². The van der Waals surface area contributed by atoms with Crippen molar-refractivity contribution in [2.75, 3.05) is 24.5 Å². The first-order valence-corrected chi connectivity index (χ1v) is 8.39. The molecule has 0 saturated carbocycles. The molecule has 2 aromatic heterocycles. The third-order valence-electron chi connectivity index (χ3n) is 4.63. The maximum absolute atomic E-state index is 11.0. The molecular weight excluding hydrogens is 322 g/mol. The number of nitrogens with zero attached hydrogens (tertiary/aromatic N) is 5. The highest BCUT2D eigenvalue weighted by Gasteiger charge is 2.25. The van der Waals surface area contributed by atoms with Crippen molar-refractivity contribution in [3.05, 3.63) is 36.4 Å². The second-order valence-corrected chi connectivity index (χ2v) is 6.17. The number of carbonyl (C=O) groups is 1. The van der Waals surface area contributed by atoms with Crippen LogP contribution in [-0.2, 0) is 6.42 Å². The Bertz CT molecular complexity index is 776. The monoisotopic (exact) mass is 341 g/mol. The van der Waals surface area contributed by atoms with Gasteiger partial charge in [0.1, 0.15) is 18.2 Å². The number of likely N-dealkylation sites (tertiary alicyclic amines) is 1. The van der Waals surface area contributed by atoms with Gasteiger partial charge in [-0.15, -0.1) is 0 Å². The van der Waals surface area contributed by atoms with E-state index in [9.17, 15) is 4.79 Å². The van der Waals surface area contributed by atoms with Crippen molar-refractivity contribution in [1.82, 2.24) is 19.9 Å². The Labute approximate surface area is 145 Å². The summed E-state index contributed by atoms with van der Waals surface area (Å²) in [6, 6.07) is 5.80. The molecule has 8 nitrogen and oxygen atoms in total. The van der Waals surface area contributed by atoms with E-state index in [1.165, 1.54) is 11.2 Å². The standard InChI is InChI=1S/C17H19N5O3/c23-17(24)21-7-3-12(4-8-21)25-16-10-15(19-11-20-16)22-9-5-13-14(22)2-1-6-18-13/h1-2,6,10-12H,3-5,7-9H2,(H,23,24). The van der Waals surface area contributed by atoms with Crippen LogP contribution in [0.4, 0.5) is 16.3 Å². The van der Waals surface area contributed by atoms with E-state index in [-0.39, 0.29) is 6.10 Å². The van der Waals surface area contributed by atoms with Crippen molar-refractivity contribution in [3.63, 3.8) is 0 Å². The van der Waals surface area contributed by atoms with Crippen LogP contribution in [-0.4, -0.2) is 56.8 Å². The first kappa shape index (κ1) is 15.6. The van der Waals surface area contributed by atoms with Crippen LogP contribution in [0.25, 0.3) is 0 Å². The average molecular weight is 341 g/mol. The Morgan fingerprint density at radius 3 is 2.84 bits per heavy atom. The van der Waals surface area contributed by atoms with Crippen molar-refractivity contribution < 1.29 is 14.6 Å². The number of amides is 1. The molecule has 2 aliphatic heterocycles. The molecule has 0 bridgehead atoms. The summed E-state index contributed by atoms with van der Waals surface area (Å²) in [5.41, 5.74) is 2.14. The lowest BCUT2D eigenvalue weighted by Gasteiger charge is -2.30. The number of rotatable bonds is 3. The van der Waals surface area contributed by atoms with Crippen molar-refractivity contribution in [2.45, 2.75) is 25.4 Å². The summed E-state index contributed by atoms with van der Waals surface area (Å²) in [6.45, 7) is 1.81. The zero-order valence-corrected chi connectivity index (χ0v) is 13.7. The third-order valence-corrected chi connectivity index (χ3v) is 4.63. The molecular formula is C17H19N5O3. The van der Waals surface area contributed by atoms with Gasteiger partial charge < -0.3 is 19.6 Å². The first-order valence-electron chi connectivity index (χ1n) is 8.39. The summed E-state index contributed by atoms with van der Waals surface area (Å²) in [6.07, 6.45) is 4.65. The maximum atomic E-state index is 11.0. The lowest BCUT2D eigenvalue weighted by molar-refractivity contribution is 0.0870. The van der Waals surface area contributed by atoms with Gasteiger partial charge in [-0.3, -0.25) is 4.98 Å². The van der Waals surface area contributed by atoms with Gasteiger partial charge in [-0.1, -0.05) is 0 Å². The van der Waals surface area contributed by atoms with Gasteiger partial charge >= 0.3 is 6.09 Å². The number of piperidine rings is 1. The number of carboxylic acid groups (broad SMARTS) is 1. The van der Waals surface area contributed by atoms with Gasteiger partial charge in [-0.05, 0) is 12.1 Å². The van der Waals surface area contributed by atoms with Gasteiger partial charge in [-0.2, -0.15) is 0 Å². The topological polar surface area (TPSA) is 91.7 Å². The second-order valence-electron chi connectivity index (χ2n) is 6.17. The third kappa shape index (κ3) is 3.19. The van der Waals surface area contributed by atoms with Crippen molar-refractivity contribution >= 4 is 17.6 Å². The highest BCUT2D eigenvalue weighted by atomic mass is 16.5. The minimum absolute atomic E-state index is 0.0223. The van der Waals surface area contributed by atoms with E-state index in [0.717, 1.165) is 30.2 Å². The van der Waals surface area contributed by atoms with E-state index in [4.69, 9.17) is 9.84 Å². The van der Waals surface area contributed by atoms with Crippen LogP contribution < -0.4 is 9.64 Å². The summed E-state index contributed by atoms with van der Waals surface area (Å²) in [4.78, 5) is 27.5. The van der Waals surface area contributed by atoms with Crippen LogP contribution in [0.3, 0.4) is 0 Å². The Morgan fingerprint density at radius 2 is 2.04 bits per heavy atom. The summed E-state index contributed by atoms with van der Waals surface area (Å²) >= 11 is 0. The van der Waals surface area contributed by atoms with Crippen molar-refractivity contribution in [3.8, 4) is 5.88 Å². The van der Waals surface area contributed by atoms with Gasteiger partial charge in [0, 0.05) is 51.2 Å². The Kier molecular flexibility index (Phi) is 4.09. The minimum Gasteiger partial charge on any atom is -0.474 e. The van der Waals surface area contributed by atoms with E-state index in [1.807, 2.05) is 18.2 Å². The normalized spacial score (nSPS) is 17.4. The number of pyridine rings is 1. The average Bonchev–Trinajstić information content (AvgIpc) is 3.06. The fraction of sp³-hybridized carbons (Fsp3) is 0.412. The molecule has 0 radical (unpaired) electrons. The molecule has 130 valence electrons. The molecule has 4 rings (SSSR count). The molecule has 1 saturated heterocycles. The molecule has 0 aliphatic carbocycles. The fourth-order valence-corrected chi connectivity index (χ4v) is 3.32. The van der Waals surface area contributed by atoms with Crippen LogP contribution in [0.2, 0.25) is 0 Å². The van der Waals surface area contributed by atoms with E-state index < -0.39 is 6.09 Å². The first-order chi connectivity index (χ1) is 12.2. The summed E-state index contributed by atoms with van der Waals surface area (Å²) in [5, 5.41) is 9.01. The number of hydrogen-bond donors (Lipinski definition) is 1. The van der Waals surface area contributed by atoms with Crippen LogP contribution in [0, 0.1) is 0 Å². The molecule has 1 N–H and O–H groups in total. The molecule has 2 aliphatic rings. The summed E-state index contributed by atoms with van der Waals surface area (Å²) < 4.78 is 5.96. The molecule has 4 heterocycles. The highest BCUT2D eigenvalue weighted by Crippen LogP contribution is 2.32. The molecule has 25 heavy (non-hydrogen) atoms. The van der Waals surface area contributed by atoms with Crippen LogP contribution in [0.1, 0.15) is 18.5 Å². The van der Waals surface area contributed by atoms with E-state index in [0.29, 0.717) is 31.8 Å². The zero-order chi connectivity index (χ0) is 17.2. The summed E-state index contributed by atoms with van der Waals surface area (Å²) in [7, 11) is 0. The van der Waals surface area contributed by atoms with Crippen LogP contribution in [0.15, 0.2) is 30.7 Å². The van der Waals surface area contributed by atoms with E-state index in [2.05, 4.69) is 19.9 Å². The number of hydrogen-bond acceptors (Lipinski definition) is 6. The summed E-state index contributed by atoms with van der Waals surface area (Å²) in [5.74, 6) is 1.32. The van der Waals surface area contributed by atoms with E-state index in [1.54, 1.807) is 6.20 Å². The van der Waals surface area contributed by atoms with Gasteiger partial charge in [0.15, 0.2) is 0 Å². The lowest BCUT2D eigenvalue weighted by Crippen LogP contribution is -2.41. The molecule has 2 aromatic rings. The van der Waals surface area contributed by atoms with Gasteiger partial charge in [0.2, 0.25) is 5.88 Å². The SMILES string of the molecule is O=C(O)N1CCC(Oc2cc(N3CCc4ncccc43)ncn2)CC1. The predicted octanol–water partition coefficient (Wildman–Crippen LogP) is 2.09. The van der Waals surface area contributed by atoms with Gasteiger partial charge in [-0.25, -0.2) is 14.8 Å². The fourth-order valence-electron chi connectivity index (χ4n) is 3.32. The molecule has 0 aromatic carbocycles. The van der Waals surface area contributed by atoms with E-state index >= 15 is 0 Å². The molecule has 1 fully saturated rings. The number of fused-ring (bicyclic) bond motifs is 1. The Hall–Kier alpha value is -2.90. The van der Waals surface area contributed by atoms with Crippen molar-refractivity contribution in [1.29, 1.82) is 0 Å². The molecule has 8 heteroatoms. The molecule has 0 atom stereocenters. The van der Waals surface area contributed by atoms with Crippen molar-refractivity contribution in [2.24, 2.45) is 0 Å². The predicted molar refractivity (Wildman–Crippen MR) is 90.2 cm³/mol. The molecule has 0 spiro atoms. The number of ether oxygens (including phenoxy) is 1. The minimum atomic E-state index is -0.871. The number of anilines is 2. The zero-order valence-electron chi connectivity index (χ0n) is 13.7. The second kappa shape index (κ2) is 6.54. The quantitative estimate of drug-likeness (QED) is 0.914. The number of aromatic nitrogens is 3. The lowest BCUT2D eigenvalue weighted by atomic mass is 10.1. The Balaban J connectivity index is 1.45. The Morgan fingerprint density at radius 1 is 1.20 bits per heavy atom. The maximum Gasteiger partial charge on any atom is 0.407 e. The largest absolute Gasteiger partial charge is 0.474 e. The smallest absolute Gasteiger partial charge is 0.407 e. The molecule has 0 unspecified atom stereocenters. The highest BCUT2D eigenvalue weighted by molar-refractivity contribution is 5.66. The van der Waals surface area contributed by atoms with Crippen LogP contribution in [0.5, 0.6) is 5.88 Å². The molecule has 1 amide bonds. The van der Waals surface area contributed by atoms with Gasteiger partial charge in [0.25, 0.3) is 0 Å².